The summed E-state index contributed by atoms with van der Waals surface area (Å²) < 4.78 is 32.0. The van der Waals surface area contributed by atoms with Crippen LogP contribution in [0, 0.1) is 0 Å². The number of hydrogen-bond donors (Lipinski definition) is 0. The van der Waals surface area contributed by atoms with E-state index in [1.54, 1.807) is 0 Å². The van der Waals surface area contributed by atoms with E-state index in [-0.39, 0.29) is 21.2 Å². The summed E-state index contributed by atoms with van der Waals surface area (Å²) in [6.45, 7) is 3.31. The summed E-state index contributed by atoms with van der Waals surface area (Å²) in [5.41, 5.74) is 0. The summed E-state index contributed by atoms with van der Waals surface area (Å²) in [4.78, 5) is 3.85. The highest BCUT2D eigenvalue weighted by Crippen LogP contribution is 2.26. The minimum atomic E-state index is -3.60. The van der Waals surface area contributed by atoms with E-state index in [4.69, 9.17) is 27.9 Å². The van der Waals surface area contributed by atoms with Gasteiger partial charge in [0.05, 0.1) is 11.1 Å². The lowest BCUT2D eigenvalue weighted by Gasteiger charge is -2.31. The molecule has 0 aromatic carbocycles. The maximum Gasteiger partial charge on any atom is 0.244 e. The molecule has 0 bridgehead atoms. The predicted molar refractivity (Wildman–Crippen MR) is 77.7 cm³/mol. The van der Waals surface area contributed by atoms with Gasteiger partial charge in [-0.25, -0.2) is 13.4 Å². The molecular weight excluding hydrogens is 323 g/mol. The molecule has 1 aromatic rings. The minimum Gasteiger partial charge on any atom is -0.377 e. The normalized spacial score (nSPS) is 21.1. The first-order valence-corrected chi connectivity index (χ1v) is 8.57. The van der Waals surface area contributed by atoms with Gasteiger partial charge in [-0.3, -0.25) is 0 Å². The molecule has 1 aliphatic rings. The molecule has 112 valence electrons. The van der Waals surface area contributed by atoms with Crippen molar-refractivity contribution >= 4 is 33.2 Å². The second-order valence-corrected chi connectivity index (χ2v) is 7.23. The van der Waals surface area contributed by atoms with Crippen molar-refractivity contribution in [2.24, 2.45) is 0 Å². The first-order chi connectivity index (χ1) is 9.45. The number of rotatable bonds is 4. The summed E-state index contributed by atoms with van der Waals surface area (Å²) in [5, 5.41) is 0.225. The molecule has 0 aliphatic carbocycles. The molecule has 1 saturated heterocycles. The first kappa shape index (κ1) is 16.0. The Morgan fingerprint density at radius 3 is 2.90 bits per heavy atom. The maximum atomic E-state index is 12.5. The molecule has 1 aromatic heterocycles. The fourth-order valence-electron chi connectivity index (χ4n) is 2.19. The number of piperidine rings is 1. The van der Waals surface area contributed by atoms with E-state index in [0.717, 1.165) is 12.8 Å². The summed E-state index contributed by atoms with van der Waals surface area (Å²) in [6.07, 6.45) is 2.82. The van der Waals surface area contributed by atoms with Crippen LogP contribution in [0.1, 0.15) is 19.8 Å². The highest BCUT2D eigenvalue weighted by molar-refractivity contribution is 7.89. The van der Waals surface area contributed by atoms with Crippen LogP contribution in [0.15, 0.2) is 17.2 Å². The van der Waals surface area contributed by atoms with E-state index >= 15 is 0 Å². The van der Waals surface area contributed by atoms with Gasteiger partial charge in [0.25, 0.3) is 0 Å². The van der Waals surface area contributed by atoms with E-state index in [1.807, 2.05) is 6.92 Å². The van der Waals surface area contributed by atoms with Gasteiger partial charge in [-0.1, -0.05) is 23.2 Å². The van der Waals surface area contributed by atoms with Crippen molar-refractivity contribution in [3.05, 3.63) is 22.4 Å². The number of hydrogen-bond acceptors (Lipinski definition) is 4. The van der Waals surface area contributed by atoms with Gasteiger partial charge < -0.3 is 4.74 Å². The largest absolute Gasteiger partial charge is 0.377 e. The third kappa shape index (κ3) is 3.43. The van der Waals surface area contributed by atoms with Crippen molar-refractivity contribution in [1.82, 2.24) is 9.29 Å². The van der Waals surface area contributed by atoms with Crippen LogP contribution in [-0.4, -0.2) is 43.5 Å². The quantitative estimate of drug-likeness (QED) is 0.791. The van der Waals surface area contributed by atoms with Gasteiger partial charge in [-0.15, -0.1) is 0 Å². The zero-order chi connectivity index (χ0) is 14.8. The van der Waals surface area contributed by atoms with E-state index < -0.39 is 10.0 Å². The number of nitrogens with zero attached hydrogens (tertiary/aromatic N) is 2. The molecule has 8 heteroatoms. The lowest BCUT2D eigenvalue weighted by atomic mass is 10.1. The smallest absolute Gasteiger partial charge is 0.244 e. The molecule has 1 aliphatic heterocycles. The molecule has 1 fully saturated rings. The minimum absolute atomic E-state index is 0.0562. The van der Waals surface area contributed by atoms with Crippen LogP contribution in [0.3, 0.4) is 0 Å². The molecule has 1 unspecified atom stereocenters. The van der Waals surface area contributed by atoms with Crippen molar-refractivity contribution in [1.29, 1.82) is 0 Å². The monoisotopic (exact) mass is 338 g/mol. The third-order valence-corrected chi connectivity index (χ3v) is 5.67. The molecule has 2 heterocycles. The molecule has 1 atom stereocenters. The van der Waals surface area contributed by atoms with E-state index in [0.29, 0.717) is 19.7 Å². The van der Waals surface area contributed by atoms with Gasteiger partial charge >= 0.3 is 0 Å². The summed E-state index contributed by atoms with van der Waals surface area (Å²) in [7, 11) is -3.60. The van der Waals surface area contributed by atoms with Crippen LogP contribution in [0.5, 0.6) is 0 Å². The van der Waals surface area contributed by atoms with E-state index in [9.17, 15) is 8.42 Å². The topological polar surface area (TPSA) is 59.5 Å². The predicted octanol–water partition coefficient (Wildman–Crippen LogP) is 2.58. The first-order valence-electron chi connectivity index (χ1n) is 6.38. The van der Waals surface area contributed by atoms with Crippen LogP contribution in [0.2, 0.25) is 10.2 Å². The van der Waals surface area contributed by atoms with Crippen molar-refractivity contribution < 1.29 is 13.2 Å². The average molecular weight is 339 g/mol. The molecule has 2 rings (SSSR count). The Kier molecular flexibility index (Phi) is 5.25. The Labute approximate surface area is 128 Å². The maximum absolute atomic E-state index is 12.5. The van der Waals surface area contributed by atoms with Gasteiger partial charge in [0.2, 0.25) is 10.0 Å². The number of aromatic nitrogens is 1. The molecule has 0 spiro atoms. The van der Waals surface area contributed by atoms with Crippen molar-refractivity contribution in [2.45, 2.75) is 30.8 Å². The Bertz CT molecular complexity index is 578. The van der Waals surface area contributed by atoms with Crippen LogP contribution >= 0.6 is 23.2 Å². The molecule has 0 saturated carbocycles. The van der Waals surface area contributed by atoms with Crippen molar-refractivity contribution in [3.63, 3.8) is 0 Å². The van der Waals surface area contributed by atoms with Gasteiger partial charge in [0, 0.05) is 25.9 Å². The molecular formula is C12H16Cl2N2O3S. The van der Waals surface area contributed by atoms with Gasteiger partial charge in [-0.05, 0) is 25.8 Å². The van der Waals surface area contributed by atoms with E-state index in [2.05, 4.69) is 4.98 Å². The van der Waals surface area contributed by atoms with Crippen LogP contribution < -0.4 is 0 Å². The average Bonchev–Trinajstić information content (AvgIpc) is 2.42. The second-order valence-electron chi connectivity index (χ2n) is 4.53. The van der Waals surface area contributed by atoms with Crippen LogP contribution in [-0.2, 0) is 14.8 Å². The summed E-state index contributed by atoms with van der Waals surface area (Å²) in [6, 6.07) is 1.33. The molecule has 0 N–H and O–H groups in total. The van der Waals surface area contributed by atoms with E-state index in [1.165, 1.54) is 16.6 Å². The fourth-order valence-corrected chi connectivity index (χ4v) is 4.01. The Morgan fingerprint density at radius 2 is 2.25 bits per heavy atom. The summed E-state index contributed by atoms with van der Waals surface area (Å²) in [5.74, 6) is 0. The van der Waals surface area contributed by atoms with Crippen molar-refractivity contribution in [2.75, 3.05) is 19.7 Å². The molecule has 20 heavy (non-hydrogen) atoms. The lowest BCUT2D eigenvalue weighted by Crippen LogP contribution is -2.43. The number of pyridine rings is 1. The molecule has 0 radical (unpaired) electrons. The Hall–Kier alpha value is -0.400. The lowest BCUT2D eigenvalue weighted by molar-refractivity contribution is 0.0265. The SMILES string of the molecule is CCOC1CCCN(S(=O)(=O)c2cnc(Cl)c(Cl)c2)C1. The fraction of sp³-hybridized carbons (Fsp3) is 0.583. The summed E-state index contributed by atoms with van der Waals surface area (Å²) >= 11 is 11.5. The highest BCUT2D eigenvalue weighted by atomic mass is 35.5. The molecule has 0 amide bonds. The number of halogens is 2. The number of sulfonamides is 1. The van der Waals surface area contributed by atoms with Crippen LogP contribution in [0.25, 0.3) is 0 Å². The Balaban J connectivity index is 2.23. The standard InChI is InChI=1S/C12H16Cl2N2O3S/c1-2-19-9-4-3-5-16(8-9)20(17,18)10-6-11(13)12(14)15-7-10/h6-7,9H,2-5,8H2,1H3. The van der Waals surface area contributed by atoms with Gasteiger partial charge in [-0.2, -0.15) is 4.31 Å². The zero-order valence-electron chi connectivity index (χ0n) is 11.1. The molecule has 5 nitrogen and oxygen atoms in total. The third-order valence-electron chi connectivity index (χ3n) is 3.15. The van der Waals surface area contributed by atoms with Gasteiger partial charge in [0.15, 0.2) is 0 Å². The van der Waals surface area contributed by atoms with Gasteiger partial charge in [0.1, 0.15) is 10.0 Å². The zero-order valence-corrected chi connectivity index (χ0v) is 13.4. The highest BCUT2D eigenvalue weighted by Gasteiger charge is 2.31. The Morgan fingerprint density at radius 1 is 1.50 bits per heavy atom. The van der Waals surface area contributed by atoms with Crippen LogP contribution in [0.4, 0.5) is 0 Å². The number of ether oxygens (including phenoxy) is 1. The second kappa shape index (κ2) is 6.58. The van der Waals surface area contributed by atoms with Crippen molar-refractivity contribution in [3.8, 4) is 0 Å².